The topological polar surface area (TPSA) is 70.2 Å². The SMILES string of the molecule is Cl.O=C(CCC1CCNC1)NC(Cc1ccccc1)C(=O)NCc1ccccc1. The molecule has 156 valence electrons. The van der Waals surface area contributed by atoms with Gasteiger partial charge in [0.25, 0.3) is 0 Å². The first-order valence-electron chi connectivity index (χ1n) is 10.1. The van der Waals surface area contributed by atoms with Gasteiger partial charge in [0.05, 0.1) is 0 Å². The van der Waals surface area contributed by atoms with Crippen LogP contribution in [0.3, 0.4) is 0 Å². The molecule has 0 radical (unpaired) electrons. The van der Waals surface area contributed by atoms with E-state index in [4.69, 9.17) is 0 Å². The molecule has 3 rings (SSSR count). The molecule has 0 aliphatic carbocycles. The molecule has 0 bridgehead atoms. The van der Waals surface area contributed by atoms with E-state index in [1.54, 1.807) is 0 Å². The maximum atomic E-state index is 12.8. The summed E-state index contributed by atoms with van der Waals surface area (Å²) >= 11 is 0. The van der Waals surface area contributed by atoms with Crippen LogP contribution in [0.4, 0.5) is 0 Å². The lowest BCUT2D eigenvalue weighted by atomic mass is 10.0. The standard InChI is InChI=1S/C23H29N3O2.ClH/c27-22(12-11-20-13-14-24-16-20)26-21(15-18-7-3-1-4-8-18)23(28)25-17-19-9-5-2-6-10-19;/h1-10,20-21,24H,11-17H2,(H,25,28)(H,26,27);1H. The number of hydrogen-bond acceptors (Lipinski definition) is 3. The first kappa shape index (κ1) is 22.9. The first-order chi connectivity index (χ1) is 13.7. The maximum absolute atomic E-state index is 12.8. The van der Waals surface area contributed by atoms with Crippen molar-refractivity contribution in [2.45, 2.75) is 38.3 Å². The van der Waals surface area contributed by atoms with Crippen molar-refractivity contribution < 1.29 is 9.59 Å². The first-order valence-corrected chi connectivity index (χ1v) is 10.1. The number of hydrogen-bond donors (Lipinski definition) is 3. The number of benzene rings is 2. The lowest BCUT2D eigenvalue weighted by Crippen LogP contribution is -2.47. The van der Waals surface area contributed by atoms with Crippen molar-refractivity contribution in [3.8, 4) is 0 Å². The third-order valence-corrected chi connectivity index (χ3v) is 5.19. The fourth-order valence-corrected chi connectivity index (χ4v) is 3.53. The van der Waals surface area contributed by atoms with Gasteiger partial charge in [0, 0.05) is 19.4 Å². The van der Waals surface area contributed by atoms with Crippen LogP contribution in [0.2, 0.25) is 0 Å². The Bertz CT molecular complexity index is 749. The third kappa shape index (κ3) is 7.87. The summed E-state index contributed by atoms with van der Waals surface area (Å²) in [5, 5.41) is 9.24. The predicted molar refractivity (Wildman–Crippen MR) is 118 cm³/mol. The predicted octanol–water partition coefficient (Wildman–Crippen LogP) is 2.84. The second-order valence-electron chi connectivity index (χ2n) is 7.41. The Morgan fingerprint density at radius 2 is 1.66 bits per heavy atom. The highest BCUT2D eigenvalue weighted by atomic mass is 35.5. The molecule has 2 amide bonds. The highest BCUT2D eigenvalue weighted by molar-refractivity contribution is 5.87. The largest absolute Gasteiger partial charge is 0.350 e. The van der Waals surface area contributed by atoms with Gasteiger partial charge in [0.1, 0.15) is 6.04 Å². The van der Waals surface area contributed by atoms with Crippen LogP contribution >= 0.6 is 12.4 Å². The van der Waals surface area contributed by atoms with Gasteiger partial charge in [-0.3, -0.25) is 9.59 Å². The van der Waals surface area contributed by atoms with E-state index in [1.807, 2.05) is 60.7 Å². The Balaban J connectivity index is 0.00000300. The quantitative estimate of drug-likeness (QED) is 0.589. The van der Waals surface area contributed by atoms with Gasteiger partial charge in [-0.15, -0.1) is 12.4 Å². The van der Waals surface area contributed by atoms with E-state index in [0.29, 0.717) is 25.3 Å². The molecule has 2 aromatic rings. The van der Waals surface area contributed by atoms with Crippen LogP contribution in [-0.4, -0.2) is 30.9 Å². The maximum Gasteiger partial charge on any atom is 0.243 e. The molecule has 3 N–H and O–H groups in total. The number of carbonyl (C=O) groups excluding carboxylic acids is 2. The minimum atomic E-state index is -0.569. The van der Waals surface area contributed by atoms with Crippen molar-refractivity contribution >= 4 is 24.2 Å². The number of nitrogens with one attached hydrogen (secondary N) is 3. The highest BCUT2D eigenvalue weighted by Gasteiger charge is 2.22. The van der Waals surface area contributed by atoms with E-state index in [1.165, 1.54) is 0 Å². The molecular weight excluding hydrogens is 386 g/mol. The zero-order valence-corrected chi connectivity index (χ0v) is 17.4. The third-order valence-electron chi connectivity index (χ3n) is 5.19. The second-order valence-corrected chi connectivity index (χ2v) is 7.41. The summed E-state index contributed by atoms with van der Waals surface area (Å²) in [6.07, 6.45) is 2.93. The molecular formula is C23H30ClN3O2. The van der Waals surface area contributed by atoms with Gasteiger partial charge in [-0.2, -0.15) is 0 Å². The van der Waals surface area contributed by atoms with Crippen LogP contribution in [-0.2, 0) is 22.6 Å². The van der Waals surface area contributed by atoms with Crippen LogP contribution in [0.5, 0.6) is 0 Å². The van der Waals surface area contributed by atoms with E-state index in [9.17, 15) is 9.59 Å². The molecule has 29 heavy (non-hydrogen) atoms. The Labute approximate surface area is 179 Å². The number of carbonyl (C=O) groups is 2. The molecule has 5 nitrogen and oxygen atoms in total. The molecule has 2 unspecified atom stereocenters. The minimum Gasteiger partial charge on any atom is -0.350 e. The normalized spacial score (nSPS) is 16.5. The minimum absolute atomic E-state index is 0. The van der Waals surface area contributed by atoms with Crippen molar-refractivity contribution in [2.24, 2.45) is 5.92 Å². The van der Waals surface area contributed by atoms with Crippen LogP contribution < -0.4 is 16.0 Å². The van der Waals surface area contributed by atoms with Crippen molar-refractivity contribution in [1.82, 2.24) is 16.0 Å². The average Bonchev–Trinajstić information content (AvgIpc) is 3.25. The van der Waals surface area contributed by atoms with Gasteiger partial charge in [0.2, 0.25) is 11.8 Å². The lowest BCUT2D eigenvalue weighted by Gasteiger charge is -2.19. The number of halogens is 1. The van der Waals surface area contributed by atoms with Crippen molar-refractivity contribution in [2.75, 3.05) is 13.1 Å². The average molecular weight is 416 g/mol. The molecule has 1 heterocycles. The van der Waals surface area contributed by atoms with Gasteiger partial charge < -0.3 is 16.0 Å². The molecule has 1 fully saturated rings. The van der Waals surface area contributed by atoms with E-state index < -0.39 is 6.04 Å². The molecule has 6 heteroatoms. The van der Waals surface area contributed by atoms with Gasteiger partial charge >= 0.3 is 0 Å². The Morgan fingerprint density at radius 1 is 1.00 bits per heavy atom. The molecule has 1 aliphatic heterocycles. The molecule has 1 saturated heterocycles. The van der Waals surface area contributed by atoms with Gasteiger partial charge in [-0.1, -0.05) is 60.7 Å². The summed E-state index contributed by atoms with van der Waals surface area (Å²) in [6, 6.07) is 19.0. The van der Waals surface area contributed by atoms with Gasteiger partial charge in [-0.05, 0) is 43.0 Å². The zero-order valence-electron chi connectivity index (χ0n) is 16.6. The summed E-state index contributed by atoms with van der Waals surface area (Å²) < 4.78 is 0. The van der Waals surface area contributed by atoms with Gasteiger partial charge in [0.15, 0.2) is 0 Å². The zero-order chi connectivity index (χ0) is 19.6. The smallest absolute Gasteiger partial charge is 0.243 e. The summed E-state index contributed by atoms with van der Waals surface area (Å²) in [5.41, 5.74) is 2.07. The van der Waals surface area contributed by atoms with Crippen molar-refractivity contribution in [1.29, 1.82) is 0 Å². The fraction of sp³-hybridized carbons (Fsp3) is 0.391. The molecule has 2 aromatic carbocycles. The molecule has 0 spiro atoms. The lowest BCUT2D eigenvalue weighted by molar-refractivity contribution is -0.129. The summed E-state index contributed by atoms with van der Waals surface area (Å²) in [6.45, 7) is 2.47. The number of rotatable bonds is 9. The van der Waals surface area contributed by atoms with E-state index in [-0.39, 0.29) is 24.2 Å². The van der Waals surface area contributed by atoms with Crippen LogP contribution in [0.25, 0.3) is 0 Å². The fourth-order valence-electron chi connectivity index (χ4n) is 3.53. The summed E-state index contributed by atoms with van der Waals surface area (Å²) in [4.78, 5) is 25.2. The summed E-state index contributed by atoms with van der Waals surface area (Å²) in [7, 11) is 0. The van der Waals surface area contributed by atoms with Crippen molar-refractivity contribution in [3.05, 3.63) is 71.8 Å². The number of amides is 2. The monoisotopic (exact) mass is 415 g/mol. The Kier molecular flexibility index (Phi) is 9.68. The molecule has 1 aliphatic rings. The van der Waals surface area contributed by atoms with E-state index >= 15 is 0 Å². The van der Waals surface area contributed by atoms with Crippen LogP contribution in [0.1, 0.15) is 30.4 Å². The van der Waals surface area contributed by atoms with Crippen LogP contribution in [0, 0.1) is 5.92 Å². The summed E-state index contributed by atoms with van der Waals surface area (Å²) in [5.74, 6) is 0.358. The van der Waals surface area contributed by atoms with E-state index in [2.05, 4.69) is 16.0 Å². The Morgan fingerprint density at radius 3 is 2.28 bits per heavy atom. The molecule has 0 saturated carbocycles. The second kappa shape index (κ2) is 12.2. The van der Waals surface area contributed by atoms with Crippen molar-refractivity contribution in [3.63, 3.8) is 0 Å². The highest BCUT2D eigenvalue weighted by Crippen LogP contribution is 2.14. The Hall–Kier alpha value is -2.37. The molecule has 2 atom stereocenters. The van der Waals surface area contributed by atoms with Gasteiger partial charge in [-0.25, -0.2) is 0 Å². The molecule has 0 aromatic heterocycles. The van der Waals surface area contributed by atoms with E-state index in [0.717, 1.165) is 37.1 Å². The van der Waals surface area contributed by atoms with Crippen LogP contribution in [0.15, 0.2) is 60.7 Å².